The molecular formula is C25H32N6O9S. The van der Waals surface area contributed by atoms with E-state index in [1.165, 1.54) is 17.0 Å². The average Bonchev–Trinajstić information content (AvgIpc) is 3.14. The molecule has 2 aliphatic heterocycles. The first-order valence-corrected chi connectivity index (χ1v) is 13.9. The lowest BCUT2D eigenvalue weighted by atomic mass is 10.0. The fourth-order valence-corrected chi connectivity index (χ4v) is 4.61. The van der Waals surface area contributed by atoms with Crippen LogP contribution in [0.3, 0.4) is 0 Å². The summed E-state index contributed by atoms with van der Waals surface area (Å²) in [5, 5.41) is 9.93. The van der Waals surface area contributed by atoms with E-state index in [0.29, 0.717) is 10.6 Å². The van der Waals surface area contributed by atoms with Gasteiger partial charge in [-0.2, -0.15) is 13.5 Å². The summed E-state index contributed by atoms with van der Waals surface area (Å²) in [5.74, 6) is -1.31. The molecule has 15 nitrogen and oxygen atoms in total. The largest absolute Gasteiger partial charge is 0.465 e. The van der Waals surface area contributed by atoms with Crippen molar-refractivity contribution in [3.63, 3.8) is 0 Å². The number of nitrogens with zero attached hydrogens (tertiary/aromatic N) is 4. The zero-order chi connectivity index (χ0) is 30.4. The van der Waals surface area contributed by atoms with Crippen LogP contribution in [0, 0.1) is 0 Å². The Kier molecular flexibility index (Phi) is 9.85. The van der Waals surface area contributed by atoms with Gasteiger partial charge in [0.2, 0.25) is 0 Å². The minimum Gasteiger partial charge on any atom is -0.465 e. The van der Waals surface area contributed by atoms with E-state index in [9.17, 15) is 32.7 Å². The van der Waals surface area contributed by atoms with Crippen LogP contribution in [0.4, 0.5) is 9.59 Å². The number of hydrazine groups is 1. The molecule has 41 heavy (non-hydrogen) atoms. The van der Waals surface area contributed by atoms with Crippen molar-refractivity contribution in [1.29, 1.82) is 0 Å². The van der Waals surface area contributed by atoms with Gasteiger partial charge in [-0.3, -0.25) is 34.9 Å². The van der Waals surface area contributed by atoms with E-state index < -0.39 is 52.0 Å². The number of hydroxylamine groups is 2. The van der Waals surface area contributed by atoms with Gasteiger partial charge in [0.05, 0.1) is 6.04 Å². The van der Waals surface area contributed by atoms with Gasteiger partial charge in [0.15, 0.2) is 0 Å². The number of carbonyl (C=O) groups excluding carboxylic acids is 3. The Morgan fingerprint density at radius 3 is 2.20 bits per heavy atom. The first-order valence-electron chi connectivity index (χ1n) is 12.5. The Labute approximate surface area is 237 Å². The summed E-state index contributed by atoms with van der Waals surface area (Å²) in [7, 11) is -4.90. The van der Waals surface area contributed by atoms with Crippen molar-refractivity contribution >= 4 is 34.3 Å². The van der Waals surface area contributed by atoms with Crippen molar-refractivity contribution in [2.75, 3.05) is 6.54 Å². The van der Waals surface area contributed by atoms with Crippen molar-refractivity contribution < 1.29 is 41.5 Å². The first kappa shape index (κ1) is 31.3. The predicted molar refractivity (Wildman–Crippen MR) is 143 cm³/mol. The van der Waals surface area contributed by atoms with Crippen LogP contribution in [-0.2, 0) is 26.0 Å². The number of piperidine rings is 1. The van der Waals surface area contributed by atoms with E-state index >= 15 is 0 Å². The molecule has 1 aromatic heterocycles. The Bertz CT molecular complexity index is 1320. The number of rotatable bonds is 6. The molecule has 0 spiro atoms. The molecule has 2 aromatic rings. The van der Waals surface area contributed by atoms with Gasteiger partial charge in [0.1, 0.15) is 6.04 Å². The van der Waals surface area contributed by atoms with E-state index in [2.05, 4.69) is 20.1 Å². The lowest BCUT2D eigenvalue weighted by Gasteiger charge is -2.33. The maximum atomic E-state index is 12.6. The normalized spacial score (nSPS) is 18.2. The number of carbonyl (C=O) groups is 4. The number of hydrogen-bond acceptors (Lipinski definition) is 8. The van der Waals surface area contributed by atoms with Crippen molar-refractivity contribution in [1.82, 2.24) is 30.7 Å². The van der Waals surface area contributed by atoms with Crippen LogP contribution in [0.25, 0.3) is 0 Å². The lowest BCUT2D eigenvalue weighted by Crippen LogP contribution is -2.54. The molecule has 2 saturated heterocycles. The number of amides is 5. The zero-order valence-electron chi connectivity index (χ0n) is 22.6. The van der Waals surface area contributed by atoms with Crippen molar-refractivity contribution in [2.45, 2.75) is 57.8 Å². The van der Waals surface area contributed by atoms with E-state index in [1.807, 2.05) is 18.2 Å². The van der Waals surface area contributed by atoms with Crippen LogP contribution in [0.2, 0.25) is 0 Å². The molecule has 0 aliphatic carbocycles. The molecule has 16 heteroatoms. The van der Waals surface area contributed by atoms with Crippen LogP contribution in [0.5, 0.6) is 0 Å². The maximum absolute atomic E-state index is 12.6. The third-order valence-electron chi connectivity index (χ3n) is 6.26. The summed E-state index contributed by atoms with van der Waals surface area (Å²) < 4.78 is 35.1. The second kappa shape index (κ2) is 12.9. The highest BCUT2D eigenvalue weighted by Gasteiger charge is 2.49. The first-order chi connectivity index (χ1) is 19.2. The Morgan fingerprint density at radius 2 is 1.71 bits per heavy atom. The number of benzene rings is 1. The highest BCUT2D eigenvalue weighted by Crippen LogP contribution is 2.30. The molecular weight excluding hydrogens is 560 g/mol. The van der Waals surface area contributed by atoms with Gasteiger partial charge in [-0.25, -0.2) is 9.59 Å². The molecule has 5 amide bonds. The number of fused-ring (bicyclic) bond motifs is 2. The summed E-state index contributed by atoms with van der Waals surface area (Å²) in [5.41, 5.74) is 4.78. The number of urea groups is 1. The molecule has 2 atom stereocenters. The van der Waals surface area contributed by atoms with Gasteiger partial charge in [-0.05, 0) is 63.4 Å². The molecule has 2 fully saturated rings. The highest BCUT2D eigenvalue weighted by molar-refractivity contribution is 7.80. The topological polar surface area (TPSA) is 199 Å². The Balaban J connectivity index is 0.000000681. The predicted octanol–water partition coefficient (Wildman–Crippen LogP) is 1.81. The van der Waals surface area contributed by atoms with Gasteiger partial charge in [0.25, 0.3) is 11.8 Å². The fourth-order valence-electron chi connectivity index (χ4n) is 4.23. The van der Waals surface area contributed by atoms with Gasteiger partial charge >= 0.3 is 22.5 Å². The van der Waals surface area contributed by atoms with Crippen molar-refractivity contribution in [3.05, 3.63) is 66.0 Å². The van der Waals surface area contributed by atoms with E-state index in [0.717, 1.165) is 4.90 Å². The summed E-state index contributed by atoms with van der Waals surface area (Å²) in [6.45, 7) is 5.46. The van der Waals surface area contributed by atoms with Crippen LogP contribution >= 0.6 is 0 Å². The number of carboxylic acid groups (broad SMARTS) is 1. The zero-order valence-corrected chi connectivity index (χ0v) is 23.4. The lowest BCUT2D eigenvalue weighted by molar-refractivity contribution is -0.126. The number of hydrogen-bond donors (Lipinski definition) is 4. The quantitative estimate of drug-likeness (QED) is 0.283. The molecule has 222 valence electrons. The number of aromatic nitrogens is 1. The van der Waals surface area contributed by atoms with E-state index in [4.69, 9.17) is 4.55 Å². The molecule has 4 rings (SSSR count). The Hall–Kier alpha value is -4.28. The summed E-state index contributed by atoms with van der Waals surface area (Å²) >= 11 is 0. The minimum absolute atomic E-state index is 0.0176. The second-order valence-corrected chi connectivity index (χ2v) is 11.2. The summed E-state index contributed by atoms with van der Waals surface area (Å²) in [4.78, 5) is 55.1. The smallest absolute Gasteiger partial charge is 0.418 e. The van der Waals surface area contributed by atoms with Crippen molar-refractivity contribution in [3.8, 4) is 0 Å². The summed E-state index contributed by atoms with van der Waals surface area (Å²) in [6, 6.07) is 9.38. The van der Waals surface area contributed by atoms with Crippen LogP contribution in [0.1, 0.15) is 49.5 Å². The standard InChI is InChI=1S/C20H27N5O9S.C5H5N/c1-20(2,3)24(19(29)30)10-12-4-6-13(7-5-12)16(26)21-22-17(27)15-9-8-14-11-23(15)18(28)25(14)34-35(31,32)33;1-2-4-6-5-3-1/h4-7,14-15H,8-11H2,1-3H3,(H,21,26)(H,22,27)(H,29,30)(H,31,32,33);1-5H. The molecule has 0 radical (unpaired) electrons. The third-order valence-corrected chi connectivity index (χ3v) is 6.61. The number of pyridine rings is 1. The molecule has 2 unspecified atom stereocenters. The number of nitrogens with one attached hydrogen (secondary N) is 2. The minimum atomic E-state index is -4.90. The van der Waals surface area contributed by atoms with Gasteiger partial charge < -0.3 is 10.0 Å². The molecule has 4 N–H and O–H groups in total. The molecule has 0 saturated carbocycles. The Morgan fingerprint density at radius 1 is 1.07 bits per heavy atom. The molecule has 2 bridgehead atoms. The monoisotopic (exact) mass is 592 g/mol. The second-order valence-electron chi connectivity index (χ2n) is 10.2. The van der Waals surface area contributed by atoms with Crippen LogP contribution < -0.4 is 10.9 Å². The fraction of sp³-hybridized carbons (Fsp3) is 0.400. The third kappa shape index (κ3) is 8.60. The molecule has 3 heterocycles. The van der Waals surface area contributed by atoms with Crippen LogP contribution in [0.15, 0.2) is 54.9 Å². The SMILES string of the molecule is CC(C)(C)N(Cc1ccc(C(=O)NNC(=O)C2CCC3CN2C(=O)N3OS(=O)(=O)O)cc1)C(=O)O.c1ccncc1. The average molecular weight is 593 g/mol. The summed E-state index contributed by atoms with van der Waals surface area (Å²) in [6.07, 6.45) is 2.86. The van der Waals surface area contributed by atoms with E-state index in [1.54, 1.807) is 45.3 Å². The molecule has 2 aliphatic rings. The molecule has 1 aromatic carbocycles. The van der Waals surface area contributed by atoms with Crippen LogP contribution in [-0.4, -0.2) is 86.0 Å². The van der Waals surface area contributed by atoms with Gasteiger partial charge in [-0.1, -0.05) is 18.2 Å². The van der Waals surface area contributed by atoms with Crippen molar-refractivity contribution in [2.24, 2.45) is 0 Å². The van der Waals surface area contributed by atoms with Gasteiger partial charge in [-0.15, -0.1) is 4.28 Å². The van der Waals surface area contributed by atoms with Gasteiger partial charge in [0, 0.05) is 36.6 Å². The van der Waals surface area contributed by atoms with E-state index in [-0.39, 0.29) is 31.5 Å². The maximum Gasteiger partial charge on any atom is 0.418 e. The highest BCUT2D eigenvalue weighted by atomic mass is 32.3.